The Kier molecular flexibility index (Phi) is 6.80. The van der Waals surface area contributed by atoms with E-state index in [1.54, 1.807) is 0 Å². The largest absolute Gasteiger partial charge is 0.378 e. The fourth-order valence-corrected chi connectivity index (χ4v) is 2.78. The molecule has 0 radical (unpaired) electrons. The summed E-state index contributed by atoms with van der Waals surface area (Å²) >= 11 is 0. The molecular weight excluding hydrogens is 240 g/mol. The molecule has 1 rings (SSSR count). The van der Waals surface area contributed by atoms with Crippen LogP contribution in [0.25, 0.3) is 0 Å². The van der Waals surface area contributed by atoms with Gasteiger partial charge >= 0.3 is 0 Å². The molecule has 4 heteroatoms. The summed E-state index contributed by atoms with van der Waals surface area (Å²) in [5.41, 5.74) is 0.218. The second-order valence-electron chi connectivity index (χ2n) is 5.65. The highest BCUT2D eigenvalue weighted by Gasteiger charge is 2.50. The molecule has 1 fully saturated rings. The standard InChI is InChI=1S/C15H30N2O2/c1-5-9-17-14(18)8-10-16-12-11-13(19-7-3)15(12,4)6-2/h12-13,16H,5-11H2,1-4H3,(H,17,18). The maximum absolute atomic E-state index is 11.5. The molecule has 1 aliphatic carbocycles. The highest BCUT2D eigenvalue weighted by Crippen LogP contribution is 2.45. The normalized spacial score (nSPS) is 29.9. The number of hydrogen-bond acceptors (Lipinski definition) is 3. The molecule has 0 heterocycles. The van der Waals surface area contributed by atoms with Crippen molar-refractivity contribution in [3.63, 3.8) is 0 Å². The predicted molar refractivity (Wildman–Crippen MR) is 78.1 cm³/mol. The minimum Gasteiger partial charge on any atom is -0.378 e. The molecule has 0 aliphatic heterocycles. The van der Waals surface area contributed by atoms with Gasteiger partial charge in [-0.15, -0.1) is 0 Å². The summed E-state index contributed by atoms with van der Waals surface area (Å²) in [4.78, 5) is 11.5. The smallest absolute Gasteiger partial charge is 0.221 e. The first-order chi connectivity index (χ1) is 9.08. The van der Waals surface area contributed by atoms with Gasteiger partial charge in [0.15, 0.2) is 0 Å². The Morgan fingerprint density at radius 3 is 2.63 bits per heavy atom. The molecule has 2 N–H and O–H groups in total. The average molecular weight is 270 g/mol. The molecule has 1 amide bonds. The van der Waals surface area contributed by atoms with E-state index in [2.05, 4.69) is 38.3 Å². The van der Waals surface area contributed by atoms with E-state index >= 15 is 0 Å². The Morgan fingerprint density at radius 1 is 1.32 bits per heavy atom. The van der Waals surface area contributed by atoms with Gasteiger partial charge in [-0.2, -0.15) is 0 Å². The molecule has 0 spiro atoms. The second kappa shape index (κ2) is 7.85. The van der Waals surface area contributed by atoms with Gasteiger partial charge in [0.2, 0.25) is 5.91 Å². The lowest BCUT2D eigenvalue weighted by atomic mass is 9.61. The van der Waals surface area contributed by atoms with E-state index in [0.29, 0.717) is 18.6 Å². The molecule has 4 nitrogen and oxygen atoms in total. The lowest BCUT2D eigenvalue weighted by Gasteiger charge is -2.53. The topological polar surface area (TPSA) is 50.4 Å². The van der Waals surface area contributed by atoms with Crippen molar-refractivity contribution in [2.45, 2.75) is 65.5 Å². The lowest BCUT2D eigenvalue weighted by molar-refractivity contribution is -0.127. The third kappa shape index (κ3) is 4.18. The van der Waals surface area contributed by atoms with Crippen LogP contribution in [0.2, 0.25) is 0 Å². The maximum Gasteiger partial charge on any atom is 0.221 e. The minimum atomic E-state index is 0.147. The van der Waals surface area contributed by atoms with Crippen molar-refractivity contribution in [3.8, 4) is 0 Å². The van der Waals surface area contributed by atoms with E-state index in [1.807, 2.05) is 0 Å². The quantitative estimate of drug-likeness (QED) is 0.674. The number of carbonyl (C=O) groups is 1. The van der Waals surface area contributed by atoms with E-state index in [-0.39, 0.29) is 11.3 Å². The number of amides is 1. The van der Waals surface area contributed by atoms with Gasteiger partial charge in [0, 0.05) is 37.6 Å². The van der Waals surface area contributed by atoms with Crippen LogP contribution in [0.15, 0.2) is 0 Å². The van der Waals surface area contributed by atoms with Crippen molar-refractivity contribution in [1.82, 2.24) is 10.6 Å². The zero-order chi connectivity index (χ0) is 14.3. The molecule has 112 valence electrons. The first-order valence-corrected chi connectivity index (χ1v) is 7.70. The van der Waals surface area contributed by atoms with Crippen molar-refractivity contribution in [2.75, 3.05) is 19.7 Å². The van der Waals surface area contributed by atoms with Crippen LogP contribution in [0.4, 0.5) is 0 Å². The fourth-order valence-electron chi connectivity index (χ4n) is 2.78. The Bertz CT molecular complexity index is 283. The molecule has 3 atom stereocenters. The SMILES string of the molecule is CCCNC(=O)CCNC1CC(OCC)C1(C)CC. The van der Waals surface area contributed by atoms with Crippen molar-refractivity contribution >= 4 is 5.91 Å². The van der Waals surface area contributed by atoms with Gasteiger partial charge in [0.05, 0.1) is 6.10 Å². The molecule has 0 aromatic rings. The number of ether oxygens (including phenoxy) is 1. The highest BCUT2D eigenvalue weighted by atomic mass is 16.5. The van der Waals surface area contributed by atoms with Crippen LogP contribution >= 0.6 is 0 Å². The van der Waals surface area contributed by atoms with E-state index in [9.17, 15) is 4.79 Å². The maximum atomic E-state index is 11.5. The molecule has 0 aromatic carbocycles. The Labute approximate surface area is 117 Å². The molecular formula is C15H30N2O2. The van der Waals surface area contributed by atoms with E-state index < -0.39 is 0 Å². The zero-order valence-corrected chi connectivity index (χ0v) is 12.9. The summed E-state index contributed by atoms with van der Waals surface area (Å²) in [7, 11) is 0. The molecule has 19 heavy (non-hydrogen) atoms. The molecule has 0 saturated heterocycles. The molecule has 1 saturated carbocycles. The summed E-state index contributed by atoms with van der Waals surface area (Å²) < 4.78 is 5.78. The highest BCUT2D eigenvalue weighted by molar-refractivity contribution is 5.75. The van der Waals surface area contributed by atoms with Crippen LogP contribution in [-0.2, 0) is 9.53 Å². The zero-order valence-electron chi connectivity index (χ0n) is 12.9. The van der Waals surface area contributed by atoms with Crippen molar-refractivity contribution in [2.24, 2.45) is 5.41 Å². The van der Waals surface area contributed by atoms with Gasteiger partial charge in [-0.1, -0.05) is 20.8 Å². The molecule has 0 aromatic heterocycles. The Balaban J connectivity index is 2.25. The number of rotatable bonds is 9. The van der Waals surface area contributed by atoms with Gasteiger partial charge in [-0.25, -0.2) is 0 Å². The van der Waals surface area contributed by atoms with E-state index in [0.717, 1.165) is 39.0 Å². The van der Waals surface area contributed by atoms with Gasteiger partial charge in [-0.3, -0.25) is 4.79 Å². The van der Waals surface area contributed by atoms with E-state index in [1.165, 1.54) is 0 Å². The van der Waals surface area contributed by atoms with Gasteiger partial charge in [-0.05, 0) is 26.2 Å². The van der Waals surface area contributed by atoms with Gasteiger partial charge in [0.25, 0.3) is 0 Å². The van der Waals surface area contributed by atoms with E-state index in [4.69, 9.17) is 4.74 Å². The summed E-state index contributed by atoms with van der Waals surface area (Å²) in [5.74, 6) is 0.147. The third-order valence-corrected chi connectivity index (χ3v) is 4.43. The Hall–Kier alpha value is -0.610. The van der Waals surface area contributed by atoms with Gasteiger partial charge < -0.3 is 15.4 Å². The fraction of sp³-hybridized carbons (Fsp3) is 0.933. The van der Waals surface area contributed by atoms with Crippen LogP contribution in [0.1, 0.15) is 53.4 Å². The third-order valence-electron chi connectivity index (χ3n) is 4.43. The summed E-state index contributed by atoms with van der Waals surface area (Å²) in [6.07, 6.45) is 4.10. The first kappa shape index (κ1) is 16.4. The monoisotopic (exact) mass is 270 g/mol. The predicted octanol–water partition coefficient (Wildman–Crippen LogP) is 2.09. The van der Waals surface area contributed by atoms with Crippen molar-refractivity contribution < 1.29 is 9.53 Å². The minimum absolute atomic E-state index is 0.147. The van der Waals surface area contributed by atoms with Crippen LogP contribution in [0.3, 0.4) is 0 Å². The van der Waals surface area contributed by atoms with Crippen LogP contribution in [0, 0.1) is 5.41 Å². The van der Waals surface area contributed by atoms with Crippen LogP contribution in [-0.4, -0.2) is 37.7 Å². The first-order valence-electron chi connectivity index (χ1n) is 7.70. The van der Waals surface area contributed by atoms with Crippen molar-refractivity contribution in [3.05, 3.63) is 0 Å². The molecule has 0 bridgehead atoms. The number of nitrogens with one attached hydrogen (secondary N) is 2. The van der Waals surface area contributed by atoms with Crippen LogP contribution < -0.4 is 10.6 Å². The van der Waals surface area contributed by atoms with Crippen LogP contribution in [0.5, 0.6) is 0 Å². The average Bonchev–Trinajstić information content (AvgIpc) is 2.42. The molecule has 3 unspecified atom stereocenters. The summed E-state index contributed by atoms with van der Waals surface area (Å²) in [5, 5.41) is 6.42. The number of carbonyl (C=O) groups excluding carboxylic acids is 1. The molecule has 1 aliphatic rings. The number of hydrogen-bond donors (Lipinski definition) is 2. The van der Waals surface area contributed by atoms with Crippen molar-refractivity contribution in [1.29, 1.82) is 0 Å². The summed E-state index contributed by atoms with van der Waals surface area (Å²) in [6.45, 7) is 10.9. The second-order valence-corrected chi connectivity index (χ2v) is 5.65. The van der Waals surface area contributed by atoms with Gasteiger partial charge in [0.1, 0.15) is 0 Å². The summed E-state index contributed by atoms with van der Waals surface area (Å²) in [6, 6.07) is 0.480. The lowest BCUT2D eigenvalue weighted by Crippen LogP contribution is -2.62. The Morgan fingerprint density at radius 2 is 2.05 bits per heavy atom.